The monoisotopic (exact) mass is 272 g/mol. The molecular weight excluding hydrogens is 258 g/mol. The molecule has 1 aromatic rings. The third-order valence-corrected chi connectivity index (χ3v) is 2.96. The second-order valence-corrected chi connectivity index (χ2v) is 4.16. The van der Waals surface area contributed by atoms with Gasteiger partial charge in [0.25, 0.3) is 5.91 Å². The van der Waals surface area contributed by atoms with Crippen molar-refractivity contribution in [2.75, 3.05) is 20.3 Å². The van der Waals surface area contributed by atoms with Crippen molar-refractivity contribution in [2.24, 2.45) is 0 Å². The summed E-state index contributed by atoms with van der Waals surface area (Å²) in [4.78, 5) is 17.4. The van der Waals surface area contributed by atoms with Gasteiger partial charge >= 0.3 is 6.61 Å². The molecule has 7 heteroatoms. The molecule has 0 aromatic carbocycles. The quantitative estimate of drug-likeness (QED) is 0.816. The van der Waals surface area contributed by atoms with Gasteiger partial charge in [-0.2, -0.15) is 8.78 Å². The van der Waals surface area contributed by atoms with Crippen LogP contribution in [-0.4, -0.2) is 48.7 Å². The standard InChI is InChI=1S/C12H14F2N2O3/c1-18-7-9-4-5-16(9)11(17)8-2-3-10(15-6-8)19-12(13)14/h2-3,6,9,12H,4-5,7H2,1H3. The average Bonchev–Trinajstić information content (AvgIpc) is 2.34. The molecule has 104 valence electrons. The molecule has 1 saturated heterocycles. The Morgan fingerprint density at radius 1 is 1.58 bits per heavy atom. The Labute approximate surface area is 109 Å². The van der Waals surface area contributed by atoms with Gasteiger partial charge in [-0.15, -0.1) is 0 Å². The number of rotatable bonds is 5. The molecule has 19 heavy (non-hydrogen) atoms. The number of pyridine rings is 1. The van der Waals surface area contributed by atoms with Crippen LogP contribution in [0.25, 0.3) is 0 Å². The number of halogens is 2. The molecule has 0 saturated carbocycles. The van der Waals surface area contributed by atoms with Gasteiger partial charge in [0.05, 0.1) is 18.2 Å². The minimum absolute atomic E-state index is 0.0782. The number of hydrogen-bond donors (Lipinski definition) is 0. The third-order valence-electron chi connectivity index (χ3n) is 2.96. The molecule has 1 amide bonds. The van der Waals surface area contributed by atoms with Gasteiger partial charge in [-0.3, -0.25) is 4.79 Å². The normalized spacial score (nSPS) is 18.3. The van der Waals surface area contributed by atoms with Crippen molar-refractivity contribution in [1.82, 2.24) is 9.88 Å². The van der Waals surface area contributed by atoms with E-state index in [1.807, 2.05) is 0 Å². The van der Waals surface area contributed by atoms with E-state index in [0.717, 1.165) is 6.42 Å². The highest BCUT2D eigenvalue weighted by Crippen LogP contribution is 2.21. The number of alkyl halides is 2. The smallest absolute Gasteiger partial charge is 0.388 e. The Bertz CT molecular complexity index is 439. The summed E-state index contributed by atoms with van der Waals surface area (Å²) in [6.07, 6.45) is 2.14. The number of aromatic nitrogens is 1. The Morgan fingerprint density at radius 2 is 2.37 bits per heavy atom. The molecule has 1 aliphatic rings. The summed E-state index contributed by atoms with van der Waals surface area (Å²) in [5.41, 5.74) is 0.349. The molecule has 1 atom stereocenters. The molecule has 1 unspecified atom stereocenters. The van der Waals surface area contributed by atoms with Crippen molar-refractivity contribution in [1.29, 1.82) is 0 Å². The second kappa shape index (κ2) is 5.92. The van der Waals surface area contributed by atoms with Crippen molar-refractivity contribution in [3.8, 4) is 5.88 Å². The van der Waals surface area contributed by atoms with Crippen LogP contribution < -0.4 is 4.74 Å². The molecule has 1 aromatic heterocycles. The number of nitrogens with zero attached hydrogens (tertiary/aromatic N) is 2. The van der Waals surface area contributed by atoms with E-state index in [0.29, 0.717) is 18.7 Å². The Hall–Kier alpha value is -1.76. The van der Waals surface area contributed by atoms with E-state index in [2.05, 4.69) is 9.72 Å². The van der Waals surface area contributed by atoms with Crippen molar-refractivity contribution in [2.45, 2.75) is 19.1 Å². The first-order valence-corrected chi connectivity index (χ1v) is 5.82. The summed E-state index contributed by atoms with van der Waals surface area (Å²) in [5.74, 6) is -0.381. The highest BCUT2D eigenvalue weighted by molar-refractivity contribution is 5.94. The summed E-state index contributed by atoms with van der Waals surface area (Å²) >= 11 is 0. The maximum absolute atomic E-state index is 12.1. The predicted molar refractivity (Wildman–Crippen MR) is 62.2 cm³/mol. The molecule has 2 rings (SSSR count). The second-order valence-electron chi connectivity index (χ2n) is 4.16. The number of methoxy groups -OCH3 is 1. The lowest BCUT2D eigenvalue weighted by Gasteiger charge is -2.40. The molecule has 5 nitrogen and oxygen atoms in total. The minimum atomic E-state index is -2.92. The van der Waals surface area contributed by atoms with Gasteiger partial charge in [0.15, 0.2) is 0 Å². The van der Waals surface area contributed by atoms with Crippen LogP contribution in [0, 0.1) is 0 Å². The summed E-state index contributed by atoms with van der Waals surface area (Å²) in [6.45, 7) is -1.76. The van der Waals surface area contributed by atoms with Crippen LogP contribution in [0.2, 0.25) is 0 Å². The zero-order chi connectivity index (χ0) is 13.8. The molecule has 1 aliphatic heterocycles. The van der Waals surface area contributed by atoms with Crippen molar-refractivity contribution in [3.63, 3.8) is 0 Å². The zero-order valence-corrected chi connectivity index (χ0v) is 10.4. The van der Waals surface area contributed by atoms with E-state index in [9.17, 15) is 13.6 Å². The SMILES string of the molecule is COCC1CCN1C(=O)c1ccc(OC(F)F)nc1. The number of ether oxygens (including phenoxy) is 2. The summed E-state index contributed by atoms with van der Waals surface area (Å²) < 4.78 is 33.0. The first-order chi connectivity index (χ1) is 9.11. The maximum atomic E-state index is 12.1. The predicted octanol–water partition coefficient (Wildman–Crippen LogP) is 1.54. The van der Waals surface area contributed by atoms with Gasteiger partial charge in [-0.1, -0.05) is 0 Å². The summed E-state index contributed by atoms with van der Waals surface area (Å²) in [7, 11) is 1.58. The van der Waals surface area contributed by atoms with Crippen molar-refractivity contribution < 1.29 is 23.0 Å². The van der Waals surface area contributed by atoms with Crippen LogP contribution in [0.3, 0.4) is 0 Å². The molecule has 0 radical (unpaired) electrons. The summed E-state index contributed by atoms with van der Waals surface area (Å²) in [5, 5.41) is 0. The van der Waals surface area contributed by atoms with Crippen LogP contribution in [0.15, 0.2) is 18.3 Å². The highest BCUT2D eigenvalue weighted by Gasteiger charge is 2.32. The van der Waals surface area contributed by atoms with Crippen LogP contribution in [0.1, 0.15) is 16.8 Å². The van der Waals surface area contributed by atoms with Crippen LogP contribution in [-0.2, 0) is 4.74 Å². The number of amides is 1. The minimum Gasteiger partial charge on any atom is -0.417 e. The highest BCUT2D eigenvalue weighted by atomic mass is 19.3. The fourth-order valence-electron chi connectivity index (χ4n) is 1.91. The van der Waals surface area contributed by atoms with E-state index >= 15 is 0 Å². The fourth-order valence-corrected chi connectivity index (χ4v) is 1.91. The van der Waals surface area contributed by atoms with E-state index < -0.39 is 6.61 Å². The van der Waals surface area contributed by atoms with Crippen LogP contribution in [0.5, 0.6) is 5.88 Å². The maximum Gasteiger partial charge on any atom is 0.388 e. The molecule has 0 N–H and O–H groups in total. The Balaban J connectivity index is 1.99. The largest absolute Gasteiger partial charge is 0.417 e. The topological polar surface area (TPSA) is 51.7 Å². The Morgan fingerprint density at radius 3 is 2.84 bits per heavy atom. The zero-order valence-electron chi connectivity index (χ0n) is 10.4. The number of likely N-dealkylation sites (tertiary alicyclic amines) is 1. The average molecular weight is 272 g/mol. The van der Waals surface area contributed by atoms with Gasteiger partial charge < -0.3 is 14.4 Å². The first-order valence-electron chi connectivity index (χ1n) is 5.82. The number of hydrogen-bond acceptors (Lipinski definition) is 4. The van der Waals surface area contributed by atoms with Crippen LogP contribution >= 0.6 is 0 Å². The van der Waals surface area contributed by atoms with Gasteiger partial charge in [-0.25, -0.2) is 4.98 Å². The van der Waals surface area contributed by atoms with E-state index in [1.165, 1.54) is 18.3 Å². The third kappa shape index (κ3) is 3.17. The summed E-state index contributed by atoms with van der Waals surface area (Å²) in [6, 6.07) is 2.76. The van der Waals surface area contributed by atoms with Crippen LogP contribution in [0.4, 0.5) is 8.78 Å². The van der Waals surface area contributed by atoms with Gasteiger partial charge in [0, 0.05) is 25.9 Å². The number of carbonyl (C=O) groups excluding carboxylic acids is 1. The molecule has 0 bridgehead atoms. The molecule has 2 heterocycles. The molecule has 1 fully saturated rings. The van der Waals surface area contributed by atoms with E-state index in [4.69, 9.17) is 4.74 Å². The lowest BCUT2D eigenvalue weighted by Crippen LogP contribution is -2.53. The first kappa shape index (κ1) is 13.7. The van der Waals surface area contributed by atoms with Gasteiger partial charge in [-0.05, 0) is 12.5 Å². The van der Waals surface area contributed by atoms with E-state index in [1.54, 1.807) is 12.0 Å². The van der Waals surface area contributed by atoms with Crippen molar-refractivity contribution >= 4 is 5.91 Å². The lowest BCUT2D eigenvalue weighted by atomic mass is 10.0. The van der Waals surface area contributed by atoms with Gasteiger partial charge in [0.2, 0.25) is 5.88 Å². The molecule has 0 aliphatic carbocycles. The fraction of sp³-hybridized carbons (Fsp3) is 0.500. The van der Waals surface area contributed by atoms with Crippen molar-refractivity contribution in [3.05, 3.63) is 23.9 Å². The lowest BCUT2D eigenvalue weighted by molar-refractivity contribution is -0.0528. The number of carbonyl (C=O) groups is 1. The van der Waals surface area contributed by atoms with E-state index in [-0.39, 0.29) is 17.8 Å². The molecule has 0 spiro atoms. The molecular formula is C12H14F2N2O3. The van der Waals surface area contributed by atoms with Gasteiger partial charge in [0.1, 0.15) is 0 Å². The Kier molecular flexibility index (Phi) is 4.26.